The van der Waals surface area contributed by atoms with E-state index in [-0.39, 0.29) is 27.9 Å². The third-order valence-corrected chi connectivity index (χ3v) is 7.80. The number of carbonyl (C=O) groups excluding carboxylic acids is 1. The SMILES string of the molecule is Cc1ccc2nc(COC(=O)CC34CC5CC(CC(Br)(C5)C3)C4)cc(=O)n2c1. The molecule has 6 rings (SSSR count). The molecule has 2 unspecified atom stereocenters. The lowest BCUT2D eigenvalue weighted by molar-refractivity contribution is -0.152. The van der Waals surface area contributed by atoms with Gasteiger partial charge in [0.1, 0.15) is 12.3 Å². The minimum absolute atomic E-state index is 0.0564. The number of pyridine rings is 1. The van der Waals surface area contributed by atoms with E-state index >= 15 is 0 Å². The Morgan fingerprint density at radius 2 is 2.04 bits per heavy atom. The van der Waals surface area contributed by atoms with Crippen molar-refractivity contribution >= 4 is 27.5 Å². The Hall–Kier alpha value is -1.69. The number of esters is 1. The smallest absolute Gasteiger partial charge is 0.306 e. The molecule has 2 atom stereocenters. The van der Waals surface area contributed by atoms with Crippen molar-refractivity contribution in [1.29, 1.82) is 0 Å². The fraction of sp³-hybridized carbons (Fsp3) is 0.591. The van der Waals surface area contributed by atoms with Crippen LogP contribution >= 0.6 is 15.9 Å². The van der Waals surface area contributed by atoms with E-state index in [0.717, 1.165) is 36.7 Å². The zero-order chi connectivity index (χ0) is 19.5. The maximum absolute atomic E-state index is 12.6. The van der Waals surface area contributed by atoms with Crippen molar-refractivity contribution < 1.29 is 9.53 Å². The maximum atomic E-state index is 12.6. The maximum Gasteiger partial charge on any atom is 0.306 e. The van der Waals surface area contributed by atoms with Crippen LogP contribution in [-0.4, -0.2) is 19.7 Å². The van der Waals surface area contributed by atoms with Crippen LogP contribution in [0.5, 0.6) is 0 Å². The highest BCUT2D eigenvalue weighted by Crippen LogP contribution is 2.65. The van der Waals surface area contributed by atoms with E-state index < -0.39 is 0 Å². The molecule has 4 aliphatic carbocycles. The van der Waals surface area contributed by atoms with E-state index in [1.165, 1.54) is 29.7 Å². The predicted molar refractivity (Wildman–Crippen MR) is 109 cm³/mol. The molecule has 0 spiro atoms. The van der Waals surface area contributed by atoms with E-state index in [1.54, 1.807) is 6.20 Å². The Balaban J connectivity index is 1.28. The molecule has 0 saturated heterocycles. The third-order valence-electron chi connectivity index (χ3n) is 6.87. The first kappa shape index (κ1) is 18.3. The molecule has 28 heavy (non-hydrogen) atoms. The summed E-state index contributed by atoms with van der Waals surface area (Å²) >= 11 is 4.00. The van der Waals surface area contributed by atoms with Crippen LogP contribution in [-0.2, 0) is 16.1 Å². The molecule has 0 N–H and O–H groups in total. The number of alkyl halides is 1. The number of halogens is 1. The van der Waals surface area contributed by atoms with Crippen LogP contribution in [0.4, 0.5) is 0 Å². The average molecular weight is 445 g/mol. The van der Waals surface area contributed by atoms with Gasteiger partial charge in [-0.15, -0.1) is 0 Å². The fourth-order valence-corrected chi connectivity index (χ4v) is 7.90. The second-order valence-electron chi connectivity index (χ2n) is 9.47. The standard InChI is InChI=1S/C22H25BrN2O3/c1-14-2-3-18-24-17(5-19(26)25(18)11-14)12-28-20(27)10-21-6-15-4-16(7-21)9-22(23,8-15)13-21/h2-3,5,11,15-16H,4,6-10,12-13H2,1H3. The number of rotatable bonds is 4. The Bertz CT molecular complexity index is 1000. The first-order chi connectivity index (χ1) is 13.3. The number of aromatic nitrogens is 2. The molecule has 0 aliphatic heterocycles. The summed E-state index contributed by atoms with van der Waals surface area (Å²) in [7, 11) is 0. The van der Waals surface area contributed by atoms with Gasteiger partial charge in [-0.3, -0.25) is 14.0 Å². The molecule has 5 nitrogen and oxygen atoms in total. The Labute approximate surface area is 172 Å². The van der Waals surface area contributed by atoms with Crippen molar-refractivity contribution in [2.24, 2.45) is 17.3 Å². The summed E-state index contributed by atoms with van der Waals surface area (Å²) in [6.45, 7) is 1.99. The van der Waals surface area contributed by atoms with Crippen LogP contribution in [0.1, 0.15) is 56.2 Å². The molecule has 0 aromatic carbocycles. The zero-order valence-electron chi connectivity index (χ0n) is 16.1. The van der Waals surface area contributed by atoms with Crippen LogP contribution in [0.25, 0.3) is 5.65 Å². The molecule has 4 fully saturated rings. The number of hydrogen-bond donors (Lipinski definition) is 0. The van der Waals surface area contributed by atoms with Gasteiger partial charge in [-0.1, -0.05) is 22.0 Å². The van der Waals surface area contributed by atoms with Crippen molar-refractivity contribution in [2.45, 2.75) is 62.8 Å². The van der Waals surface area contributed by atoms with Gasteiger partial charge in [-0.25, -0.2) is 4.98 Å². The molecular weight excluding hydrogens is 420 g/mol. The highest BCUT2D eigenvalue weighted by atomic mass is 79.9. The molecule has 0 radical (unpaired) electrons. The molecule has 6 heteroatoms. The second kappa shape index (κ2) is 6.41. The predicted octanol–water partition coefficient (Wildman–Crippen LogP) is 4.17. The molecule has 0 amide bonds. The lowest BCUT2D eigenvalue weighted by atomic mass is 9.49. The molecule has 148 valence electrons. The molecule has 2 heterocycles. The van der Waals surface area contributed by atoms with Gasteiger partial charge in [0.15, 0.2) is 0 Å². The van der Waals surface area contributed by atoms with Gasteiger partial charge in [-0.05, 0) is 74.3 Å². The lowest BCUT2D eigenvalue weighted by Gasteiger charge is -2.60. The van der Waals surface area contributed by atoms with E-state index in [0.29, 0.717) is 17.8 Å². The third kappa shape index (κ3) is 3.30. The highest BCUT2D eigenvalue weighted by Gasteiger charge is 2.57. The van der Waals surface area contributed by atoms with Crippen molar-refractivity contribution in [1.82, 2.24) is 9.38 Å². The van der Waals surface area contributed by atoms with Crippen molar-refractivity contribution in [3.8, 4) is 0 Å². The molecule has 4 aliphatic rings. The van der Waals surface area contributed by atoms with Crippen LogP contribution in [0.2, 0.25) is 0 Å². The number of aryl methyl sites for hydroxylation is 1. The summed E-state index contributed by atoms with van der Waals surface area (Å²) in [6, 6.07) is 5.19. The minimum Gasteiger partial charge on any atom is -0.459 e. The van der Waals surface area contributed by atoms with Crippen LogP contribution in [0, 0.1) is 24.2 Å². The number of fused-ring (bicyclic) bond motifs is 1. The second-order valence-corrected chi connectivity index (χ2v) is 11.2. The molecule has 4 bridgehead atoms. The lowest BCUT2D eigenvalue weighted by Crippen LogP contribution is -2.53. The van der Waals surface area contributed by atoms with Gasteiger partial charge in [-0.2, -0.15) is 0 Å². The summed E-state index contributed by atoms with van der Waals surface area (Å²) in [5.74, 6) is 1.34. The van der Waals surface area contributed by atoms with Gasteiger partial charge < -0.3 is 4.74 Å². The topological polar surface area (TPSA) is 60.7 Å². The number of carbonyl (C=O) groups is 1. The summed E-state index contributed by atoms with van der Waals surface area (Å²) < 4.78 is 7.32. The van der Waals surface area contributed by atoms with Crippen molar-refractivity contribution in [3.63, 3.8) is 0 Å². The van der Waals surface area contributed by atoms with E-state index in [9.17, 15) is 9.59 Å². The monoisotopic (exact) mass is 444 g/mol. The normalized spacial score (nSPS) is 33.4. The van der Waals surface area contributed by atoms with Crippen molar-refractivity contribution in [3.05, 3.63) is 46.0 Å². The average Bonchev–Trinajstić information content (AvgIpc) is 2.58. The number of nitrogens with zero attached hydrogens (tertiary/aromatic N) is 2. The Morgan fingerprint density at radius 3 is 2.75 bits per heavy atom. The quantitative estimate of drug-likeness (QED) is 0.524. The summed E-state index contributed by atoms with van der Waals surface area (Å²) in [6.07, 6.45) is 9.48. The summed E-state index contributed by atoms with van der Waals surface area (Å²) in [5, 5.41) is 0. The van der Waals surface area contributed by atoms with Gasteiger partial charge in [0, 0.05) is 16.6 Å². The Kier molecular flexibility index (Phi) is 4.20. The van der Waals surface area contributed by atoms with Gasteiger partial charge in [0.05, 0.1) is 12.1 Å². The number of hydrogen-bond acceptors (Lipinski definition) is 4. The fourth-order valence-electron chi connectivity index (χ4n) is 6.39. The zero-order valence-corrected chi connectivity index (χ0v) is 17.7. The summed E-state index contributed by atoms with van der Waals surface area (Å²) in [4.78, 5) is 29.4. The van der Waals surface area contributed by atoms with E-state index in [4.69, 9.17) is 4.74 Å². The van der Waals surface area contributed by atoms with E-state index in [2.05, 4.69) is 20.9 Å². The van der Waals surface area contributed by atoms with Crippen LogP contribution in [0.15, 0.2) is 29.2 Å². The largest absolute Gasteiger partial charge is 0.459 e. The van der Waals surface area contributed by atoms with Crippen molar-refractivity contribution in [2.75, 3.05) is 0 Å². The van der Waals surface area contributed by atoms with E-state index in [1.807, 2.05) is 19.1 Å². The molecule has 2 aromatic heterocycles. The Morgan fingerprint density at radius 1 is 1.29 bits per heavy atom. The van der Waals surface area contributed by atoms with Crippen LogP contribution < -0.4 is 5.56 Å². The molecule has 2 aromatic rings. The first-order valence-electron chi connectivity index (χ1n) is 10.2. The summed E-state index contributed by atoms with van der Waals surface area (Å²) in [5.41, 5.74) is 2.02. The van der Waals surface area contributed by atoms with Crippen LogP contribution in [0.3, 0.4) is 0 Å². The van der Waals surface area contributed by atoms with Gasteiger partial charge >= 0.3 is 5.97 Å². The van der Waals surface area contributed by atoms with Gasteiger partial charge in [0.25, 0.3) is 5.56 Å². The molecule has 4 saturated carbocycles. The van der Waals surface area contributed by atoms with Gasteiger partial charge in [0.2, 0.25) is 0 Å². The highest BCUT2D eigenvalue weighted by molar-refractivity contribution is 9.10. The minimum atomic E-state index is -0.163. The molecular formula is C22H25BrN2O3. The number of ether oxygens (including phenoxy) is 1. The first-order valence-corrected chi connectivity index (χ1v) is 10.9.